The van der Waals surface area contributed by atoms with E-state index in [0.29, 0.717) is 11.7 Å². The number of aliphatic hydroxyl groups is 10. The summed E-state index contributed by atoms with van der Waals surface area (Å²) in [5.74, 6) is 3.51. The zero-order chi connectivity index (χ0) is 47.2. The van der Waals surface area contributed by atoms with Gasteiger partial charge in [0.1, 0.15) is 90.3 Å². The molecule has 0 aliphatic carbocycles. The smallest absolute Gasteiger partial charge is 0.229 e. The number of hydrogen-bond donors (Lipinski definition) is 10. The highest BCUT2D eigenvalue weighted by Crippen LogP contribution is 2.46. The lowest BCUT2D eigenvalue weighted by Gasteiger charge is -2.48. The summed E-state index contributed by atoms with van der Waals surface area (Å²) in [7, 11) is 0. The fraction of sp³-hybridized carbons (Fsp3) is 0.872. The molecule has 0 amide bonds. The van der Waals surface area contributed by atoms with Crippen LogP contribution in [0.2, 0.25) is 0 Å². The molecule has 4 heterocycles. The molecule has 0 spiro atoms. The summed E-state index contributed by atoms with van der Waals surface area (Å²) >= 11 is 0. The lowest BCUT2D eigenvalue weighted by molar-refractivity contribution is -0.376. The average molecular weight is 917 g/mol. The van der Waals surface area contributed by atoms with Crippen LogP contribution >= 0.6 is 0 Å². The first-order chi connectivity index (χ1) is 30.2. The van der Waals surface area contributed by atoms with Crippen molar-refractivity contribution in [2.24, 2.45) is 17.8 Å². The quantitative estimate of drug-likeness (QED) is 0.0845. The monoisotopic (exact) mass is 917 g/mol. The molecule has 4 aliphatic rings. The summed E-state index contributed by atoms with van der Waals surface area (Å²) in [6, 6.07) is 0. The molecule has 17 heteroatoms. The molecule has 0 saturated carbocycles. The molecule has 0 aromatic heterocycles. The maximum atomic E-state index is 11.4. The van der Waals surface area contributed by atoms with Crippen LogP contribution in [0.15, 0.2) is 0 Å². The number of ether oxygens (including phenoxy) is 7. The van der Waals surface area contributed by atoms with Gasteiger partial charge >= 0.3 is 0 Å². The first-order valence-electron chi connectivity index (χ1n) is 23.6. The van der Waals surface area contributed by atoms with Crippen molar-refractivity contribution in [1.82, 2.24) is 0 Å². The second kappa shape index (κ2) is 23.5. The zero-order valence-corrected chi connectivity index (χ0v) is 39.1. The molecular formula is C47H80O17. The molecule has 18 atom stereocenters. The number of benzene rings is 1. The molecule has 0 radical (unpaired) electrons. The van der Waals surface area contributed by atoms with Gasteiger partial charge in [-0.2, -0.15) is 0 Å². The third-order valence-electron chi connectivity index (χ3n) is 14.1. The van der Waals surface area contributed by atoms with Gasteiger partial charge in [-0.15, -0.1) is 0 Å². The van der Waals surface area contributed by atoms with Crippen LogP contribution < -0.4 is 9.47 Å². The van der Waals surface area contributed by atoms with Crippen molar-refractivity contribution >= 4 is 0 Å². The van der Waals surface area contributed by atoms with Gasteiger partial charge in [0.25, 0.3) is 0 Å². The van der Waals surface area contributed by atoms with Crippen LogP contribution in [0.4, 0.5) is 0 Å². The van der Waals surface area contributed by atoms with Crippen molar-refractivity contribution in [2.75, 3.05) is 19.8 Å². The number of aliphatic hydroxyl groups excluding tert-OH is 10. The summed E-state index contributed by atoms with van der Waals surface area (Å²) in [5.41, 5.74) is 3.13. The topological polar surface area (TPSA) is 267 Å². The van der Waals surface area contributed by atoms with Crippen LogP contribution in [0.1, 0.15) is 121 Å². The lowest BCUT2D eigenvalue weighted by atomic mass is 9.83. The van der Waals surface area contributed by atoms with Crippen molar-refractivity contribution < 1.29 is 84.2 Å². The number of hydrogen-bond acceptors (Lipinski definition) is 17. The molecule has 17 nitrogen and oxygen atoms in total. The second-order valence-corrected chi connectivity index (χ2v) is 19.9. The predicted molar refractivity (Wildman–Crippen MR) is 232 cm³/mol. The van der Waals surface area contributed by atoms with E-state index in [9.17, 15) is 51.1 Å². The molecule has 3 saturated heterocycles. The van der Waals surface area contributed by atoms with Gasteiger partial charge < -0.3 is 84.2 Å². The fourth-order valence-electron chi connectivity index (χ4n) is 9.69. The maximum absolute atomic E-state index is 11.4. The van der Waals surface area contributed by atoms with Gasteiger partial charge in [0, 0.05) is 5.56 Å². The summed E-state index contributed by atoms with van der Waals surface area (Å²) in [6.45, 7) is 15.0. The zero-order valence-electron chi connectivity index (χ0n) is 39.1. The van der Waals surface area contributed by atoms with E-state index in [0.717, 1.165) is 71.9 Å². The van der Waals surface area contributed by atoms with Crippen LogP contribution in [0.25, 0.3) is 0 Å². The summed E-state index contributed by atoms with van der Waals surface area (Å²) in [6.07, 6.45) is -12.3. The Labute approximate surface area is 378 Å². The minimum absolute atomic E-state index is 0.319. The van der Waals surface area contributed by atoms with Gasteiger partial charge in [-0.25, -0.2) is 0 Å². The molecule has 370 valence electrons. The van der Waals surface area contributed by atoms with Crippen LogP contribution in [0, 0.1) is 38.5 Å². The van der Waals surface area contributed by atoms with E-state index in [1.165, 1.54) is 38.5 Å². The van der Waals surface area contributed by atoms with Crippen molar-refractivity contribution in [2.45, 2.75) is 224 Å². The van der Waals surface area contributed by atoms with Gasteiger partial charge in [-0.3, -0.25) is 0 Å². The minimum atomic E-state index is -1.93. The van der Waals surface area contributed by atoms with E-state index < -0.39 is 112 Å². The molecule has 10 N–H and O–H groups in total. The Balaban J connectivity index is 1.17. The highest BCUT2D eigenvalue weighted by molar-refractivity contribution is 5.59. The van der Waals surface area contributed by atoms with Crippen LogP contribution in [-0.2, 0) is 30.1 Å². The number of fused-ring (bicyclic) bond motifs is 1. The highest BCUT2D eigenvalue weighted by atomic mass is 16.8. The van der Waals surface area contributed by atoms with Gasteiger partial charge in [-0.05, 0) is 87.8 Å². The van der Waals surface area contributed by atoms with Gasteiger partial charge in [0.05, 0.1) is 19.8 Å². The van der Waals surface area contributed by atoms with Crippen molar-refractivity contribution in [3.63, 3.8) is 0 Å². The van der Waals surface area contributed by atoms with E-state index in [-0.39, 0.29) is 5.60 Å². The molecule has 0 bridgehead atoms. The normalized spacial score (nSPS) is 37.8. The SMILES string of the molecule is Cc1c(C)c2c(c(C)c1O[C@@H]1O[C@H](CO)[C@@H](O[C@H]3O[C@H](CO)[C@@H](O[C@H]4O[C@H](CO)[C@@H](O)[C@H](O)[C@H]4O)[C@H](O)[C@H]3O)[C@H](O)[C@H]1O)CCC(C)(CCCC(C)CCCC(C)CCCC(C)C)O2. The van der Waals surface area contributed by atoms with Crippen LogP contribution in [0.5, 0.6) is 11.5 Å². The first kappa shape index (κ1) is 53.2. The van der Waals surface area contributed by atoms with Gasteiger partial charge in [0.15, 0.2) is 12.6 Å². The van der Waals surface area contributed by atoms with Crippen molar-refractivity contribution in [3.8, 4) is 11.5 Å². The highest BCUT2D eigenvalue weighted by Gasteiger charge is 2.54. The lowest BCUT2D eigenvalue weighted by Crippen LogP contribution is -2.66. The fourth-order valence-corrected chi connectivity index (χ4v) is 9.69. The van der Waals surface area contributed by atoms with E-state index >= 15 is 0 Å². The van der Waals surface area contributed by atoms with Crippen LogP contribution in [0.3, 0.4) is 0 Å². The Morgan fingerprint density at radius 1 is 0.562 bits per heavy atom. The summed E-state index contributed by atoms with van der Waals surface area (Å²) in [5, 5.41) is 106. The van der Waals surface area contributed by atoms with Gasteiger partial charge in [-0.1, -0.05) is 72.6 Å². The average Bonchev–Trinajstić information content (AvgIpc) is 3.25. The van der Waals surface area contributed by atoms with Crippen LogP contribution in [-0.4, -0.2) is 169 Å². The Morgan fingerprint density at radius 2 is 1.03 bits per heavy atom. The third kappa shape index (κ3) is 12.5. The minimum Gasteiger partial charge on any atom is -0.487 e. The first-order valence-corrected chi connectivity index (χ1v) is 23.6. The Hall–Kier alpha value is -1.78. The Morgan fingerprint density at radius 3 is 1.56 bits per heavy atom. The number of rotatable bonds is 21. The molecule has 4 aliphatic heterocycles. The molecule has 1 aromatic carbocycles. The van der Waals surface area contributed by atoms with Gasteiger partial charge in [0.2, 0.25) is 6.29 Å². The maximum Gasteiger partial charge on any atom is 0.229 e. The Kier molecular flexibility index (Phi) is 19.5. The molecule has 3 unspecified atom stereocenters. The van der Waals surface area contributed by atoms with E-state index in [2.05, 4.69) is 34.6 Å². The summed E-state index contributed by atoms with van der Waals surface area (Å²) in [4.78, 5) is 0. The standard InChI is InChI=1S/C47H80O17/c1-23(2)12-9-13-24(3)14-10-15-25(4)16-11-18-47(8)19-17-29-28(7)40(26(5)27(6)41(29)64-47)61-45-38(56)35(53)43(31(21-49)59-45)63-46-39(57)36(54)42(32(22-50)60-46)62-44-37(55)34(52)33(51)30(20-48)58-44/h23-25,30-39,42-46,48-57H,9-22H2,1-8H3/t24?,25?,30-,31-,32-,33-,34+,35-,36-,37-,38-,39-,42-,43-,44-,45+,46-,47?/m1/s1. The van der Waals surface area contributed by atoms with Crippen molar-refractivity contribution in [3.05, 3.63) is 22.3 Å². The Bertz CT molecular complexity index is 1590. The van der Waals surface area contributed by atoms with E-state index in [1.54, 1.807) is 0 Å². The molecule has 3 fully saturated rings. The van der Waals surface area contributed by atoms with E-state index in [4.69, 9.17) is 33.2 Å². The summed E-state index contributed by atoms with van der Waals surface area (Å²) < 4.78 is 41.7. The third-order valence-corrected chi connectivity index (χ3v) is 14.1. The van der Waals surface area contributed by atoms with E-state index in [1.807, 2.05) is 20.8 Å². The second-order valence-electron chi connectivity index (χ2n) is 19.9. The molecule has 1 aromatic rings. The molecule has 64 heavy (non-hydrogen) atoms. The predicted octanol–water partition coefficient (Wildman–Crippen LogP) is 1.96. The largest absolute Gasteiger partial charge is 0.487 e. The van der Waals surface area contributed by atoms with Crippen molar-refractivity contribution in [1.29, 1.82) is 0 Å². The molecule has 5 rings (SSSR count). The molecular weight excluding hydrogens is 836 g/mol.